The third kappa shape index (κ3) is 4.73. The summed E-state index contributed by atoms with van der Waals surface area (Å²) in [6.45, 7) is 2.09. The van der Waals surface area contributed by atoms with Crippen LogP contribution in [0.15, 0.2) is 0 Å². The summed E-state index contributed by atoms with van der Waals surface area (Å²) in [5.74, 6) is -1.19. The van der Waals surface area contributed by atoms with E-state index in [0.29, 0.717) is 32.2 Å². The number of hydrogen-bond donors (Lipinski definition) is 3. The van der Waals surface area contributed by atoms with Crippen molar-refractivity contribution in [3.05, 3.63) is 0 Å². The van der Waals surface area contributed by atoms with Crippen molar-refractivity contribution in [3.63, 3.8) is 0 Å². The lowest BCUT2D eigenvalue weighted by atomic mass is 10.1. The second kappa shape index (κ2) is 6.37. The Kier molecular flexibility index (Phi) is 5.12. The van der Waals surface area contributed by atoms with Crippen LogP contribution in [0, 0.1) is 0 Å². The Bertz CT molecular complexity index is 337. The van der Waals surface area contributed by atoms with Gasteiger partial charge in [-0.3, -0.25) is 9.59 Å². The number of rotatable bonds is 8. The Hall–Kier alpha value is -1.59. The maximum absolute atomic E-state index is 11.5. The average molecular weight is 256 g/mol. The van der Waals surface area contributed by atoms with Crippen molar-refractivity contribution < 1.29 is 19.5 Å². The van der Waals surface area contributed by atoms with Gasteiger partial charge in [0, 0.05) is 19.9 Å². The van der Waals surface area contributed by atoms with Gasteiger partial charge in [0.25, 0.3) is 0 Å². The van der Waals surface area contributed by atoms with Gasteiger partial charge < -0.3 is 15.7 Å². The molecule has 0 saturated heterocycles. The van der Waals surface area contributed by atoms with Crippen LogP contribution >= 0.6 is 0 Å². The van der Waals surface area contributed by atoms with Crippen LogP contribution in [0.25, 0.3) is 0 Å². The molecule has 2 amide bonds. The van der Waals surface area contributed by atoms with Crippen LogP contribution in [0.2, 0.25) is 0 Å². The maximum atomic E-state index is 11.5. The first-order valence-electron chi connectivity index (χ1n) is 6.25. The fraction of sp³-hybridized carbons (Fsp3) is 0.750. The molecule has 0 aliphatic heterocycles. The molecule has 3 N–H and O–H groups in total. The quantitative estimate of drug-likeness (QED) is 0.548. The number of nitrogens with one attached hydrogen (secondary N) is 2. The second-order valence-electron chi connectivity index (χ2n) is 4.73. The summed E-state index contributed by atoms with van der Waals surface area (Å²) >= 11 is 0. The zero-order valence-corrected chi connectivity index (χ0v) is 10.6. The van der Waals surface area contributed by atoms with Gasteiger partial charge in [0.05, 0.1) is 0 Å². The van der Waals surface area contributed by atoms with Crippen molar-refractivity contribution in [2.75, 3.05) is 6.54 Å². The first-order valence-corrected chi connectivity index (χ1v) is 6.25. The predicted octanol–water partition coefficient (Wildman–Crippen LogP) is 0.416. The molecule has 1 aliphatic rings. The van der Waals surface area contributed by atoms with Gasteiger partial charge in [-0.2, -0.15) is 0 Å². The van der Waals surface area contributed by atoms with Crippen molar-refractivity contribution in [3.8, 4) is 0 Å². The molecule has 0 aromatic carbocycles. The molecule has 1 fully saturated rings. The van der Waals surface area contributed by atoms with E-state index in [9.17, 15) is 14.4 Å². The van der Waals surface area contributed by atoms with E-state index in [-0.39, 0.29) is 11.8 Å². The Morgan fingerprint density at radius 3 is 2.33 bits per heavy atom. The minimum atomic E-state index is -0.979. The van der Waals surface area contributed by atoms with Gasteiger partial charge in [-0.1, -0.05) is 6.42 Å². The molecule has 0 spiro atoms. The minimum Gasteiger partial charge on any atom is -0.480 e. The molecular weight excluding hydrogens is 236 g/mol. The van der Waals surface area contributed by atoms with Gasteiger partial charge in [-0.05, 0) is 25.7 Å². The van der Waals surface area contributed by atoms with Crippen molar-refractivity contribution in [2.45, 2.75) is 51.0 Å². The molecule has 0 radical (unpaired) electrons. The number of unbranched alkanes of at least 4 members (excludes halogenated alkanes) is 2. The first kappa shape index (κ1) is 14.5. The fourth-order valence-corrected chi connectivity index (χ4v) is 1.70. The molecule has 102 valence electrons. The van der Waals surface area contributed by atoms with E-state index in [1.807, 2.05) is 0 Å². The Labute approximate surface area is 106 Å². The van der Waals surface area contributed by atoms with E-state index in [1.54, 1.807) is 0 Å². The van der Waals surface area contributed by atoms with Crippen molar-refractivity contribution in [1.82, 2.24) is 10.6 Å². The molecule has 6 nitrogen and oxygen atoms in total. The monoisotopic (exact) mass is 256 g/mol. The number of amides is 2. The van der Waals surface area contributed by atoms with Crippen LogP contribution < -0.4 is 10.6 Å². The van der Waals surface area contributed by atoms with Crippen molar-refractivity contribution in [1.29, 1.82) is 0 Å². The lowest BCUT2D eigenvalue weighted by molar-refractivity contribution is -0.143. The fourth-order valence-electron chi connectivity index (χ4n) is 1.70. The second-order valence-corrected chi connectivity index (χ2v) is 4.73. The van der Waals surface area contributed by atoms with Crippen molar-refractivity contribution in [2.24, 2.45) is 0 Å². The van der Waals surface area contributed by atoms with Gasteiger partial charge in [0.2, 0.25) is 11.8 Å². The normalized spacial score (nSPS) is 15.8. The van der Waals surface area contributed by atoms with E-state index < -0.39 is 11.5 Å². The highest BCUT2D eigenvalue weighted by molar-refractivity contribution is 5.89. The molecule has 1 rings (SSSR count). The van der Waals surface area contributed by atoms with Crippen LogP contribution in [0.5, 0.6) is 0 Å². The highest BCUT2D eigenvalue weighted by Crippen LogP contribution is 2.35. The standard InChI is InChI=1S/C12H20N2O4/c1-9(15)13-8-4-2-3-5-10(16)14-12(6-7-12)11(17)18/h2-8H2,1H3,(H,13,15)(H,14,16)(H,17,18). The van der Waals surface area contributed by atoms with Crippen molar-refractivity contribution >= 4 is 17.8 Å². The first-order chi connectivity index (χ1) is 8.46. The SMILES string of the molecule is CC(=O)NCCCCCC(=O)NC1(C(=O)O)CC1. The van der Waals surface area contributed by atoms with Crippen LogP contribution in [0.1, 0.15) is 45.4 Å². The third-order valence-corrected chi connectivity index (χ3v) is 2.99. The summed E-state index contributed by atoms with van der Waals surface area (Å²) in [5.41, 5.74) is -0.979. The van der Waals surface area contributed by atoms with E-state index in [2.05, 4.69) is 10.6 Å². The highest BCUT2D eigenvalue weighted by Gasteiger charge is 2.51. The number of carbonyl (C=O) groups excluding carboxylic acids is 2. The molecule has 0 atom stereocenters. The smallest absolute Gasteiger partial charge is 0.329 e. The summed E-state index contributed by atoms with van der Waals surface area (Å²) in [4.78, 5) is 32.9. The third-order valence-electron chi connectivity index (χ3n) is 2.99. The van der Waals surface area contributed by atoms with E-state index in [0.717, 1.165) is 12.8 Å². The van der Waals surface area contributed by atoms with Gasteiger partial charge >= 0.3 is 5.97 Å². The van der Waals surface area contributed by atoms with Crippen LogP contribution in [-0.4, -0.2) is 35.0 Å². The number of carboxylic acid groups (broad SMARTS) is 1. The molecule has 0 heterocycles. The zero-order chi connectivity index (χ0) is 13.6. The summed E-state index contributed by atoms with van der Waals surface area (Å²) in [7, 11) is 0. The number of carboxylic acids is 1. The number of carbonyl (C=O) groups is 3. The lowest BCUT2D eigenvalue weighted by Gasteiger charge is -2.12. The topological polar surface area (TPSA) is 95.5 Å². The Morgan fingerprint density at radius 2 is 1.83 bits per heavy atom. The van der Waals surface area contributed by atoms with Gasteiger partial charge in [-0.15, -0.1) is 0 Å². The summed E-state index contributed by atoms with van der Waals surface area (Å²) < 4.78 is 0. The zero-order valence-electron chi connectivity index (χ0n) is 10.6. The molecule has 1 saturated carbocycles. The molecular formula is C12H20N2O4. The van der Waals surface area contributed by atoms with Crippen LogP contribution in [0.3, 0.4) is 0 Å². The van der Waals surface area contributed by atoms with E-state index in [4.69, 9.17) is 5.11 Å². The lowest BCUT2D eigenvalue weighted by Crippen LogP contribution is -2.42. The van der Waals surface area contributed by atoms with Gasteiger partial charge in [0.15, 0.2) is 0 Å². The molecule has 0 bridgehead atoms. The van der Waals surface area contributed by atoms with E-state index in [1.165, 1.54) is 6.92 Å². The molecule has 0 aromatic heterocycles. The summed E-state index contributed by atoms with van der Waals surface area (Å²) in [6.07, 6.45) is 3.77. The number of hydrogen-bond acceptors (Lipinski definition) is 3. The van der Waals surface area contributed by atoms with Gasteiger partial charge in [-0.25, -0.2) is 4.79 Å². The molecule has 1 aliphatic carbocycles. The molecule has 0 aromatic rings. The molecule has 0 unspecified atom stereocenters. The summed E-state index contributed by atoms with van der Waals surface area (Å²) in [5, 5.41) is 14.1. The predicted molar refractivity (Wildman–Crippen MR) is 64.9 cm³/mol. The molecule has 18 heavy (non-hydrogen) atoms. The minimum absolute atomic E-state index is 0.0510. The Morgan fingerprint density at radius 1 is 1.17 bits per heavy atom. The van der Waals surface area contributed by atoms with Crippen LogP contribution in [0.4, 0.5) is 0 Å². The molecule has 6 heteroatoms. The maximum Gasteiger partial charge on any atom is 0.329 e. The van der Waals surface area contributed by atoms with Gasteiger partial charge in [0.1, 0.15) is 5.54 Å². The van der Waals surface area contributed by atoms with E-state index >= 15 is 0 Å². The summed E-state index contributed by atoms with van der Waals surface area (Å²) in [6, 6.07) is 0. The van der Waals surface area contributed by atoms with Crippen LogP contribution in [-0.2, 0) is 14.4 Å². The highest BCUT2D eigenvalue weighted by atomic mass is 16.4. The number of aliphatic carboxylic acids is 1. The largest absolute Gasteiger partial charge is 0.480 e. The average Bonchev–Trinajstić information content (AvgIpc) is 3.03. The Balaban J connectivity index is 2.04.